The van der Waals surface area contributed by atoms with Crippen LogP contribution >= 0.6 is 11.8 Å². The first-order valence-electron chi connectivity index (χ1n) is 8.12. The van der Waals surface area contributed by atoms with Crippen molar-refractivity contribution in [2.75, 3.05) is 18.1 Å². The highest BCUT2D eigenvalue weighted by atomic mass is 32.2. The smallest absolute Gasteiger partial charge is 0.323 e. The maximum atomic E-state index is 13.8. The summed E-state index contributed by atoms with van der Waals surface area (Å²) in [6, 6.07) is 10.5. The molecule has 8 heteroatoms. The molecule has 1 heterocycles. The lowest BCUT2D eigenvalue weighted by atomic mass is 9.87. The number of halogens is 4. The Morgan fingerprint density at radius 1 is 1.15 bits per heavy atom. The first kappa shape index (κ1) is 19.4. The van der Waals surface area contributed by atoms with E-state index in [0.717, 1.165) is 12.1 Å². The molecule has 2 atom stereocenters. The first-order chi connectivity index (χ1) is 12.8. The topological polar surface area (TPSA) is 41.5 Å². The Bertz CT molecular complexity index is 865. The number of hydrogen-bond donors (Lipinski definition) is 1. The van der Waals surface area contributed by atoms with Crippen molar-refractivity contribution in [3.63, 3.8) is 0 Å². The second-order valence-corrected chi connectivity index (χ2v) is 6.88. The van der Waals surface area contributed by atoms with Crippen LogP contribution in [0.1, 0.15) is 17.0 Å². The van der Waals surface area contributed by atoms with Gasteiger partial charge in [0.25, 0.3) is 0 Å². The van der Waals surface area contributed by atoms with Gasteiger partial charge in [0.15, 0.2) is 0 Å². The fourth-order valence-electron chi connectivity index (χ4n) is 3.04. The zero-order valence-corrected chi connectivity index (χ0v) is 15.1. The van der Waals surface area contributed by atoms with Crippen LogP contribution in [0.25, 0.3) is 0 Å². The number of benzene rings is 2. The molecule has 3 nitrogen and oxygen atoms in total. The number of amides is 1. The van der Waals surface area contributed by atoms with Crippen LogP contribution in [0.15, 0.2) is 53.5 Å². The maximum absolute atomic E-state index is 13.8. The molecule has 0 aromatic heterocycles. The van der Waals surface area contributed by atoms with Gasteiger partial charge in [0.1, 0.15) is 5.82 Å². The van der Waals surface area contributed by atoms with Gasteiger partial charge >= 0.3 is 6.18 Å². The van der Waals surface area contributed by atoms with Crippen molar-refractivity contribution in [1.29, 1.82) is 0 Å². The Balaban J connectivity index is 1.85. The quantitative estimate of drug-likeness (QED) is 0.746. The summed E-state index contributed by atoms with van der Waals surface area (Å²) < 4.78 is 52.2. The third-order valence-electron chi connectivity index (χ3n) is 4.40. The molecular weight excluding hydrogens is 380 g/mol. The number of rotatable bonds is 3. The Labute approximate surface area is 157 Å². The highest BCUT2D eigenvalue weighted by molar-refractivity contribution is 8.13. The molecule has 1 amide bonds. The van der Waals surface area contributed by atoms with Crippen molar-refractivity contribution < 1.29 is 22.4 Å². The van der Waals surface area contributed by atoms with Crippen LogP contribution < -0.4 is 5.32 Å². The molecular formula is C19H16F4N2OS. The van der Waals surface area contributed by atoms with E-state index in [1.54, 1.807) is 12.3 Å². The normalized spacial score (nSPS) is 19.7. The zero-order chi connectivity index (χ0) is 19.6. The number of nitrogens with zero attached hydrogens (tertiary/aromatic N) is 1. The van der Waals surface area contributed by atoms with E-state index in [-0.39, 0.29) is 12.2 Å². The molecule has 0 spiro atoms. The predicted molar refractivity (Wildman–Crippen MR) is 98.5 cm³/mol. The predicted octanol–water partition coefficient (Wildman–Crippen LogP) is 4.96. The van der Waals surface area contributed by atoms with E-state index >= 15 is 0 Å². The number of carbonyl (C=O) groups is 1. The second kappa shape index (κ2) is 7.72. The lowest BCUT2D eigenvalue weighted by Gasteiger charge is -2.21. The van der Waals surface area contributed by atoms with Crippen LogP contribution in [0.3, 0.4) is 0 Å². The minimum Gasteiger partial charge on any atom is -0.323 e. The summed E-state index contributed by atoms with van der Waals surface area (Å²) in [6.45, 7) is 0.289. The lowest BCUT2D eigenvalue weighted by Crippen LogP contribution is -2.31. The van der Waals surface area contributed by atoms with Crippen molar-refractivity contribution in [3.8, 4) is 0 Å². The highest BCUT2D eigenvalue weighted by Gasteiger charge is 2.38. The fourth-order valence-corrected chi connectivity index (χ4v) is 3.77. The van der Waals surface area contributed by atoms with Crippen LogP contribution in [0, 0.1) is 11.7 Å². The van der Waals surface area contributed by atoms with Gasteiger partial charge in [0.2, 0.25) is 5.91 Å². The lowest BCUT2D eigenvalue weighted by molar-refractivity contribution is -0.137. The van der Waals surface area contributed by atoms with Gasteiger partial charge in [-0.3, -0.25) is 9.79 Å². The van der Waals surface area contributed by atoms with E-state index in [1.807, 2.05) is 0 Å². The number of hydrogen-bond acceptors (Lipinski definition) is 3. The number of anilines is 1. The van der Waals surface area contributed by atoms with Crippen molar-refractivity contribution in [3.05, 3.63) is 65.5 Å². The molecule has 1 N–H and O–H groups in total. The SMILES string of the molecule is CSC1=NCC(c2ccc(C(F)(F)F)cc2)C1C(=O)Nc1ccccc1F. The molecule has 3 rings (SSSR count). The van der Waals surface area contributed by atoms with Crippen molar-refractivity contribution in [2.24, 2.45) is 10.9 Å². The van der Waals surface area contributed by atoms with E-state index in [9.17, 15) is 22.4 Å². The molecule has 2 aromatic rings. The van der Waals surface area contributed by atoms with E-state index < -0.39 is 35.3 Å². The average molecular weight is 396 g/mol. The molecule has 0 radical (unpaired) electrons. The third kappa shape index (κ3) is 4.16. The monoisotopic (exact) mass is 396 g/mol. The number of carbonyl (C=O) groups excluding carboxylic acids is 1. The summed E-state index contributed by atoms with van der Waals surface area (Å²) in [7, 11) is 0. The summed E-state index contributed by atoms with van der Waals surface area (Å²) in [6.07, 6.45) is -2.64. The van der Waals surface area contributed by atoms with Crippen LogP contribution in [-0.2, 0) is 11.0 Å². The van der Waals surface area contributed by atoms with Crippen LogP contribution in [0.5, 0.6) is 0 Å². The van der Waals surface area contributed by atoms with Gasteiger partial charge in [-0.05, 0) is 36.1 Å². The highest BCUT2D eigenvalue weighted by Crippen LogP contribution is 2.37. The summed E-state index contributed by atoms with van der Waals surface area (Å²) in [5, 5.41) is 3.14. The number of thioether (sulfide) groups is 1. The van der Waals surface area contributed by atoms with Gasteiger partial charge in [-0.2, -0.15) is 13.2 Å². The molecule has 2 unspecified atom stereocenters. The standard InChI is InChI=1S/C19H16F4N2OS/c1-27-18-16(17(26)25-15-5-3-2-4-14(15)20)13(10-24-18)11-6-8-12(9-7-11)19(21,22)23/h2-9,13,16H,10H2,1H3,(H,25,26). The first-order valence-corrected chi connectivity index (χ1v) is 9.34. The van der Waals surface area contributed by atoms with Gasteiger partial charge in [-0.1, -0.05) is 24.3 Å². The second-order valence-electron chi connectivity index (χ2n) is 6.06. The molecule has 2 aromatic carbocycles. The number of nitrogens with one attached hydrogen (secondary N) is 1. The van der Waals surface area contributed by atoms with Gasteiger partial charge in [0.05, 0.1) is 22.2 Å². The minimum absolute atomic E-state index is 0.0565. The molecule has 0 aliphatic carbocycles. The minimum atomic E-state index is -4.42. The maximum Gasteiger partial charge on any atom is 0.416 e. The van der Waals surface area contributed by atoms with E-state index in [4.69, 9.17) is 0 Å². The summed E-state index contributed by atoms with van der Waals surface area (Å²) in [5.74, 6) is -2.08. The fraction of sp³-hybridized carbons (Fsp3) is 0.263. The average Bonchev–Trinajstić information content (AvgIpc) is 3.07. The molecule has 142 valence electrons. The third-order valence-corrected chi connectivity index (χ3v) is 5.20. The molecule has 0 saturated carbocycles. The zero-order valence-electron chi connectivity index (χ0n) is 14.3. The Morgan fingerprint density at radius 3 is 2.41 bits per heavy atom. The Kier molecular flexibility index (Phi) is 5.55. The Morgan fingerprint density at radius 2 is 1.81 bits per heavy atom. The molecule has 0 bridgehead atoms. The molecule has 1 aliphatic rings. The van der Waals surface area contributed by atoms with E-state index in [2.05, 4.69) is 10.3 Å². The molecule has 1 aliphatic heterocycles. The van der Waals surface area contributed by atoms with Gasteiger partial charge in [0, 0.05) is 12.5 Å². The summed E-state index contributed by atoms with van der Waals surface area (Å²) in [4.78, 5) is 17.1. The number of alkyl halides is 3. The summed E-state index contributed by atoms with van der Waals surface area (Å²) >= 11 is 1.30. The van der Waals surface area contributed by atoms with Crippen molar-refractivity contribution in [2.45, 2.75) is 12.1 Å². The van der Waals surface area contributed by atoms with Crippen molar-refractivity contribution in [1.82, 2.24) is 0 Å². The van der Waals surface area contributed by atoms with Crippen LogP contribution in [-0.4, -0.2) is 23.8 Å². The van der Waals surface area contributed by atoms with Crippen LogP contribution in [0.2, 0.25) is 0 Å². The number of aliphatic imine (C=N–C) groups is 1. The van der Waals surface area contributed by atoms with Crippen LogP contribution in [0.4, 0.5) is 23.2 Å². The van der Waals surface area contributed by atoms with Gasteiger partial charge in [-0.25, -0.2) is 4.39 Å². The number of para-hydroxylation sites is 1. The van der Waals surface area contributed by atoms with Crippen molar-refractivity contribution >= 4 is 28.4 Å². The Hall–Kier alpha value is -2.35. The largest absolute Gasteiger partial charge is 0.416 e. The van der Waals surface area contributed by atoms with Gasteiger partial charge in [-0.15, -0.1) is 11.8 Å². The molecule has 0 fully saturated rings. The molecule has 27 heavy (non-hydrogen) atoms. The van der Waals surface area contributed by atoms with Gasteiger partial charge < -0.3 is 5.32 Å². The van der Waals surface area contributed by atoms with E-state index in [0.29, 0.717) is 10.6 Å². The van der Waals surface area contributed by atoms with E-state index in [1.165, 1.54) is 42.1 Å². The summed E-state index contributed by atoms with van der Waals surface area (Å²) in [5.41, 5.74) is -0.104. The molecule has 0 saturated heterocycles.